The van der Waals surface area contributed by atoms with Crippen molar-refractivity contribution in [3.8, 4) is 0 Å². The van der Waals surface area contributed by atoms with Gasteiger partial charge in [-0.2, -0.15) is 4.57 Å². The van der Waals surface area contributed by atoms with E-state index in [9.17, 15) is 24.9 Å². The number of carbonyl (C=O) groups excluding carboxylic acids is 2. The zero-order valence-corrected chi connectivity index (χ0v) is 14.7. The lowest BCUT2D eigenvalue weighted by atomic mass is 10.1. The minimum atomic E-state index is -1.25. The average molecular weight is 387 g/mol. The molecule has 0 spiro atoms. The number of pyridine rings is 1. The Morgan fingerprint density at radius 2 is 2.07 bits per heavy atom. The van der Waals surface area contributed by atoms with Crippen LogP contribution < -0.4 is 9.88 Å². The number of rotatable bonds is 4. The fourth-order valence-electron chi connectivity index (χ4n) is 3.31. The molecule has 2 aliphatic heterocycles. The van der Waals surface area contributed by atoms with Gasteiger partial charge in [0.1, 0.15) is 24.4 Å². The first-order chi connectivity index (χ1) is 13.5. The summed E-state index contributed by atoms with van der Waals surface area (Å²) in [5.41, 5.74) is 1.92. The molecule has 28 heavy (non-hydrogen) atoms. The van der Waals surface area contributed by atoms with Gasteiger partial charge < -0.3 is 30.1 Å². The number of ether oxygens (including phenoxy) is 2. The highest BCUT2D eigenvalue weighted by atomic mass is 16.6. The molecule has 1 aromatic heterocycles. The van der Waals surface area contributed by atoms with Gasteiger partial charge in [0.05, 0.1) is 12.2 Å². The van der Waals surface area contributed by atoms with Crippen molar-refractivity contribution in [3.63, 3.8) is 0 Å². The van der Waals surface area contributed by atoms with E-state index in [1.165, 1.54) is 10.8 Å². The van der Waals surface area contributed by atoms with Crippen molar-refractivity contribution >= 4 is 17.6 Å². The Morgan fingerprint density at radius 3 is 2.82 bits per heavy atom. The van der Waals surface area contributed by atoms with Crippen LogP contribution in [0.15, 0.2) is 42.7 Å². The van der Waals surface area contributed by atoms with Gasteiger partial charge in [-0.05, 0) is 18.2 Å². The Bertz CT molecular complexity index is 932. The van der Waals surface area contributed by atoms with Gasteiger partial charge in [-0.25, -0.2) is 4.79 Å². The van der Waals surface area contributed by atoms with Crippen LogP contribution in [0.25, 0.3) is 0 Å². The summed E-state index contributed by atoms with van der Waals surface area (Å²) in [4.78, 5) is 24.3. The SMILES string of the molecule is O=C(Nc1ccc2c(c1)C(=O)OC2)c1ccc[n+](C2OC(CO)[C@@H](O)[C@H]2O)c1. The van der Waals surface area contributed by atoms with Crippen LogP contribution in [0.1, 0.15) is 32.5 Å². The molecule has 9 heteroatoms. The number of nitrogens with zero attached hydrogens (tertiary/aromatic N) is 1. The van der Waals surface area contributed by atoms with Crippen LogP contribution in [0.5, 0.6) is 0 Å². The van der Waals surface area contributed by atoms with Gasteiger partial charge in [-0.1, -0.05) is 6.07 Å². The Morgan fingerprint density at radius 1 is 1.25 bits per heavy atom. The number of hydrogen-bond donors (Lipinski definition) is 4. The predicted octanol–water partition coefficient (Wildman–Crippen LogP) is -0.492. The summed E-state index contributed by atoms with van der Waals surface area (Å²) in [5.74, 6) is -0.847. The number of esters is 1. The van der Waals surface area contributed by atoms with E-state index >= 15 is 0 Å². The van der Waals surface area contributed by atoms with E-state index in [0.29, 0.717) is 11.3 Å². The predicted molar refractivity (Wildman–Crippen MR) is 93.2 cm³/mol. The summed E-state index contributed by atoms with van der Waals surface area (Å²) in [6.07, 6.45) is -1.26. The molecule has 4 rings (SSSR count). The normalized spacial score (nSPS) is 26.0. The number of benzene rings is 1. The smallest absolute Gasteiger partial charge is 0.338 e. The number of aromatic nitrogens is 1. The highest BCUT2D eigenvalue weighted by Crippen LogP contribution is 2.26. The number of carbonyl (C=O) groups is 2. The van der Waals surface area contributed by atoms with E-state index in [1.54, 1.807) is 36.5 Å². The topological polar surface area (TPSA) is 129 Å². The molecular formula is C19H19N2O7+. The first-order valence-corrected chi connectivity index (χ1v) is 8.72. The summed E-state index contributed by atoms with van der Waals surface area (Å²) in [6.45, 7) is -0.207. The maximum absolute atomic E-state index is 12.6. The molecule has 0 radical (unpaired) electrons. The van der Waals surface area contributed by atoms with Crippen molar-refractivity contribution in [1.29, 1.82) is 0 Å². The number of fused-ring (bicyclic) bond motifs is 1. The van der Waals surface area contributed by atoms with Crippen LogP contribution in [-0.2, 0) is 16.1 Å². The summed E-state index contributed by atoms with van der Waals surface area (Å²) < 4.78 is 11.9. The first-order valence-electron chi connectivity index (χ1n) is 8.72. The summed E-state index contributed by atoms with van der Waals surface area (Å²) in [7, 11) is 0. The summed E-state index contributed by atoms with van der Waals surface area (Å²) >= 11 is 0. The molecule has 2 aromatic rings. The fourth-order valence-corrected chi connectivity index (χ4v) is 3.31. The number of hydrogen-bond acceptors (Lipinski definition) is 7. The van der Waals surface area contributed by atoms with Crippen molar-refractivity contribution in [2.45, 2.75) is 31.1 Å². The third kappa shape index (κ3) is 3.25. The number of aliphatic hydroxyl groups excluding tert-OH is 3. The largest absolute Gasteiger partial charge is 0.457 e. The zero-order chi connectivity index (χ0) is 19.8. The van der Waals surface area contributed by atoms with Crippen molar-refractivity contribution < 1.29 is 38.9 Å². The molecule has 146 valence electrons. The van der Waals surface area contributed by atoms with Crippen molar-refractivity contribution in [2.75, 3.05) is 11.9 Å². The standard InChI is InChI=1S/C19H18N2O7/c22-8-14-15(23)16(24)18(28-14)21-5-1-2-10(7-21)17(25)20-12-4-3-11-9-27-19(26)13(11)6-12/h1-7,14-16,18,22-24H,8-9H2/p+1/t14?,15-,16-,18?/m1/s1. The minimum absolute atomic E-state index is 0.228. The number of anilines is 1. The van der Waals surface area contributed by atoms with Crippen LogP contribution in [0.4, 0.5) is 5.69 Å². The Kier molecular flexibility index (Phi) is 4.82. The average Bonchev–Trinajstić information content (AvgIpc) is 3.22. The molecule has 1 fully saturated rings. The first kappa shape index (κ1) is 18.5. The molecule has 0 aliphatic carbocycles. The second-order valence-electron chi connectivity index (χ2n) is 6.67. The molecule has 4 N–H and O–H groups in total. The Hall–Kier alpha value is -2.85. The lowest BCUT2D eigenvalue weighted by Crippen LogP contribution is -2.46. The van der Waals surface area contributed by atoms with Gasteiger partial charge in [-0.3, -0.25) is 4.79 Å². The van der Waals surface area contributed by atoms with Crippen LogP contribution in [0.3, 0.4) is 0 Å². The molecular weight excluding hydrogens is 368 g/mol. The van der Waals surface area contributed by atoms with Gasteiger partial charge >= 0.3 is 5.97 Å². The van der Waals surface area contributed by atoms with Crippen molar-refractivity contribution in [2.24, 2.45) is 0 Å². The molecule has 9 nitrogen and oxygen atoms in total. The molecule has 1 saturated heterocycles. The second kappa shape index (κ2) is 7.28. The quantitative estimate of drug-likeness (QED) is 0.411. The molecule has 2 unspecified atom stereocenters. The maximum atomic E-state index is 12.6. The zero-order valence-electron chi connectivity index (χ0n) is 14.7. The van der Waals surface area contributed by atoms with E-state index in [0.717, 1.165) is 5.56 Å². The number of aliphatic hydroxyl groups is 3. The minimum Gasteiger partial charge on any atom is -0.457 e. The Labute approximate surface area is 159 Å². The van der Waals surface area contributed by atoms with Crippen LogP contribution in [-0.4, -0.2) is 52.1 Å². The fraction of sp³-hybridized carbons (Fsp3) is 0.316. The highest BCUT2D eigenvalue weighted by molar-refractivity contribution is 6.04. The number of cyclic esters (lactones) is 1. The van der Waals surface area contributed by atoms with Gasteiger partial charge in [0.2, 0.25) is 0 Å². The van der Waals surface area contributed by atoms with Crippen molar-refractivity contribution in [3.05, 3.63) is 59.4 Å². The van der Waals surface area contributed by atoms with Crippen LogP contribution in [0, 0.1) is 0 Å². The third-order valence-electron chi connectivity index (χ3n) is 4.84. The van der Waals surface area contributed by atoms with Gasteiger partial charge in [0.25, 0.3) is 12.1 Å². The lowest BCUT2D eigenvalue weighted by molar-refractivity contribution is -0.765. The Balaban J connectivity index is 1.53. The highest BCUT2D eigenvalue weighted by Gasteiger charge is 2.48. The van der Waals surface area contributed by atoms with E-state index in [2.05, 4.69) is 5.32 Å². The molecule has 0 bridgehead atoms. The van der Waals surface area contributed by atoms with E-state index in [1.807, 2.05) is 0 Å². The monoisotopic (exact) mass is 387 g/mol. The maximum Gasteiger partial charge on any atom is 0.338 e. The van der Waals surface area contributed by atoms with Crippen molar-refractivity contribution in [1.82, 2.24) is 0 Å². The lowest BCUT2D eigenvalue weighted by Gasteiger charge is -2.11. The van der Waals surface area contributed by atoms with E-state index < -0.39 is 43.0 Å². The van der Waals surface area contributed by atoms with Gasteiger partial charge in [-0.15, -0.1) is 0 Å². The number of nitrogens with one attached hydrogen (secondary N) is 1. The molecule has 2 aliphatic rings. The van der Waals surface area contributed by atoms with E-state index in [-0.39, 0.29) is 12.2 Å². The van der Waals surface area contributed by atoms with Gasteiger partial charge in [0, 0.05) is 17.3 Å². The molecule has 1 aromatic carbocycles. The van der Waals surface area contributed by atoms with Crippen LogP contribution in [0.2, 0.25) is 0 Å². The van der Waals surface area contributed by atoms with Gasteiger partial charge in [0.15, 0.2) is 18.5 Å². The molecule has 0 saturated carbocycles. The summed E-state index contributed by atoms with van der Waals surface area (Å²) in [5, 5.41) is 32.0. The summed E-state index contributed by atoms with van der Waals surface area (Å²) in [6, 6.07) is 8.14. The van der Waals surface area contributed by atoms with Crippen LogP contribution >= 0.6 is 0 Å². The molecule has 3 heterocycles. The molecule has 1 amide bonds. The third-order valence-corrected chi connectivity index (χ3v) is 4.84. The number of amides is 1. The molecule has 4 atom stereocenters. The second-order valence-corrected chi connectivity index (χ2v) is 6.67. The van der Waals surface area contributed by atoms with E-state index in [4.69, 9.17) is 9.47 Å².